The number of hydrogen-bond acceptors (Lipinski definition) is 3. The molecule has 0 N–H and O–H groups in total. The Morgan fingerprint density at radius 1 is 1.45 bits per heavy atom. The van der Waals surface area contributed by atoms with Crippen molar-refractivity contribution in [1.82, 2.24) is 4.90 Å². The number of imide groups is 1. The molecule has 0 aliphatic carbocycles. The Labute approximate surface area is 126 Å². The smallest absolute Gasteiger partial charge is 0.267 e. The van der Waals surface area contributed by atoms with Crippen LogP contribution in [-0.4, -0.2) is 27.3 Å². The first-order valence-electron chi connectivity index (χ1n) is 6.35. The van der Waals surface area contributed by atoms with E-state index in [1.165, 1.54) is 0 Å². The van der Waals surface area contributed by atoms with Gasteiger partial charge in [0.2, 0.25) is 11.6 Å². The lowest BCUT2D eigenvalue weighted by molar-refractivity contribution is -0.139. The van der Waals surface area contributed by atoms with Crippen LogP contribution in [0, 0.1) is 0 Å². The van der Waals surface area contributed by atoms with Crippen molar-refractivity contribution >= 4 is 27.7 Å². The summed E-state index contributed by atoms with van der Waals surface area (Å²) in [6, 6.07) is 6.94. The van der Waals surface area contributed by atoms with Gasteiger partial charge in [0, 0.05) is 0 Å². The highest BCUT2D eigenvalue weighted by Gasteiger charge is 2.46. The van der Waals surface area contributed by atoms with E-state index in [0.717, 1.165) is 4.90 Å². The van der Waals surface area contributed by atoms with Crippen LogP contribution in [-0.2, 0) is 4.79 Å². The molecule has 0 fully saturated rings. The van der Waals surface area contributed by atoms with Crippen LogP contribution in [0.1, 0.15) is 31.1 Å². The largest absolute Gasteiger partial charge is 0.463 e. The van der Waals surface area contributed by atoms with Crippen LogP contribution < -0.4 is 4.74 Å². The number of alkyl halides is 1. The molecule has 4 nitrogen and oxygen atoms in total. The first kappa shape index (κ1) is 14.8. The lowest BCUT2D eigenvalue weighted by atomic mass is 10.0. The number of ether oxygens (including phenoxy) is 1. The van der Waals surface area contributed by atoms with Crippen LogP contribution in [0.3, 0.4) is 0 Å². The fourth-order valence-electron chi connectivity index (χ4n) is 2.24. The van der Waals surface area contributed by atoms with Gasteiger partial charge < -0.3 is 4.74 Å². The second-order valence-electron chi connectivity index (χ2n) is 4.75. The van der Waals surface area contributed by atoms with E-state index in [-0.39, 0.29) is 11.8 Å². The van der Waals surface area contributed by atoms with Crippen LogP contribution in [0.5, 0.6) is 5.75 Å². The summed E-state index contributed by atoms with van der Waals surface area (Å²) in [5.41, 5.74) is -0.713. The SMILES string of the molecule is C/C=C/C1(C)Oc2ccccc2C(=O)N1C(=O)C(C)Br. The van der Waals surface area contributed by atoms with Crippen molar-refractivity contribution < 1.29 is 14.3 Å². The lowest BCUT2D eigenvalue weighted by Gasteiger charge is -2.42. The number of amides is 2. The molecule has 1 aliphatic rings. The minimum absolute atomic E-state index is 0.329. The normalized spacial score (nSPS) is 23.4. The molecule has 0 saturated carbocycles. The summed E-state index contributed by atoms with van der Waals surface area (Å²) < 4.78 is 5.89. The molecule has 0 radical (unpaired) electrons. The quantitative estimate of drug-likeness (QED) is 0.615. The lowest BCUT2D eigenvalue weighted by Crippen LogP contribution is -2.59. The molecule has 2 amide bonds. The third kappa shape index (κ3) is 2.38. The molecule has 0 saturated heterocycles. The standard InChI is InChI=1S/C15H16BrNO3/c1-4-9-15(3)17(13(18)10(2)16)14(19)11-7-5-6-8-12(11)20-15/h4-10H,1-3H3/b9-4+. The van der Waals surface area contributed by atoms with Crippen molar-refractivity contribution in [2.75, 3.05) is 0 Å². The zero-order valence-electron chi connectivity index (χ0n) is 11.6. The minimum Gasteiger partial charge on any atom is -0.463 e. The summed E-state index contributed by atoms with van der Waals surface area (Å²) in [6.45, 7) is 5.21. The maximum atomic E-state index is 12.6. The Bertz CT molecular complexity index is 582. The Morgan fingerprint density at radius 3 is 2.70 bits per heavy atom. The fourth-order valence-corrected chi connectivity index (χ4v) is 2.44. The number of carbonyl (C=O) groups is 2. The van der Waals surface area contributed by atoms with Crippen LogP contribution in [0.15, 0.2) is 36.4 Å². The molecular formula is C15H16BrNO3. The number of halogens is 1. The van der Waals surface area contributed by atoms with E-state index in [0.29, 0.717) is 11.3 Å². The summed E-state index contributed by atoms with van der Waals surface area (Å²) in [5, 5.41) is 0. The van der Waals surface area contributed by atoms with Gasteiger partial charge in [-0.2, -0.15) is 0 Å². The van der Waals surface area contributed by atoms with Gasteiger partial charge in [-0.1, -0.05) is 34.1 Å². The van der Waals surface area contributed by atoms with Gasteiger partial charge in [0.25, 0.3) is 5.91 Å². The summed E-state index contributed by atoms with van der Waals surface area (Å²) >= 11 is 3.22. The van der Waals surface area contributed by atoms with Gasteiger partial charge in [-0.25, -0.2) is 4.90 Å². The molecule has 2 unspecified atom stereocenters. The number of allylic oxidation sites excluding steroid dienone is 1. The van der Waals surface area contributed by atoms with Crippen LogP contribution in [0.4, 0.5) is 0 Å². The molecular weight excluding hydrogens is 322 g/mol. The number of para-hydroxylation sites is 1. The van der Waals surface area contributed by atoms with E-state index in [1.807, 2.05) is 6.92 Å². The second kappa shape index (κ2) is 5.40. The van der Waals surface area contributed by atoms with Gasteiger partial charge in [-0.05, 0) is 39.0 Å². The Hall–Kier alpha value is -1.62. The highest BCUT2D eigenvalue weighted by Crippen LogP contribution is 2.35. The van der Waals surface area contributed by atoms with E-state index in [2.05, 4.69) is 15.9 Å². The van der Waals surface area contributed by atoms with Gasteiger partial charge in [0.1, 0.15) is 5.75 Å². The molecule has 2 rings (SSSR count). The molecule has 106 valence electrons. The maximum absolute atomic E-state index is 12.6. The van der Waals surface area contributed by atoms with Crippen molar-refractivity contribution in [3.63, 3.8) is 0 Å². The number of benzene rings is 1. The third-order valence-electron chi connectivity index (χ3n) is 3.12. The van der Waals surface area contributed by atoms with Crippen molar-refractivity contribution in [2.45, 2.75) is 31.3 Å². The van der Waals surface area contributed by atoms with Crippen molar-refractivity contribution in [2.24, 2.45) is 0 Å². The first-order valence-corrected chi connectivity index (χ1v) is 7.26. The zero-order chi connectivity index (χ0) is 14.9. The zero-order valence-corrected chi connectivity index (χ0v) is 13.2. The monoisotopic (exact) mass is 337 g/mol. The van der Waals surface area contributed by atoms with Gasteiger partial charge >= 0.3 is 0 Å². The highest BCUT2D eigenvalue weighted by molar-refractivity contribution is 9.10. The van der Waals surface area contributed by atoms with Crippen molar-refractivity contribution in [3.8, 4) is 5.75 Å². The fraction of sp³-hybridized carbons (Fsp3) is 0.333. The number of carbonyl (C=O) groups excluding carboxylic acids is 2. The average molecular weight is 338 g/mol. The third-order valence-corrected chi connectivity index (χ3v) is 3.51. The van der Waals surface area contributed by atoms with Crippen LogP contribution in [0.25, 0.3) is 0 Å². The number of hydrogen-bond donors (Lipinski definition) is 0. The molecule has 0 spiro atoms. The van der Waals surface area contributed by atoms with Crippen molar-refractivity contribution in [3.05, 3.63) is 42.0 Å². The molecule has 0 bridgehead atoms. The molecule has 1 aromatic rings. The molecule has 0 aromatic heterocycles. The summed E-state index contributed by atoms with van der Waals surface area (Å²) in [6.07, 6.45) is 3.47. The van der Waals surface area contributed by atoms with Gasteiger partial charge in [-0.15, -0.1) is 0 Å². The van der Waals surface area contributed by atoms with E-state index in [9.17, 15) is 9.59 Å². The topological polar surface area (TPSA) is 46.6 Å². The van der Waals surface area contributed by atoms with Crippen molar-refractivity contribution in [1.29, 1.82) is 0 Å². The number of rotatable bonds is 2. The number of nitrogens with zero attached hydrogens (tertiary/aromatic N) is 1. The van der Waals surface area contributed by atoms with Gasteiger partial charge in [-0.3, -0.25) is 9.59 Å². The molecule has 2 atom stereocenters. The van der Waals surface area contributed by atoms with Gasteiger partial charge in [0.15, 0.2) is 0 Å². The van der Waals surface area contributed by atoms with Gasteiger partial charge in [0.05, 0.1) is 10.4 Å². The molecule has 1 aromatic carbocycles. The minimum atomic E-state index is -1.11. The Morgan fingerprint density at radius 2 is 2.10 bits per heavy atom. The van der Waals surface area contributed by atoms with E-state index in [1.54, 1.807) is 50.3 Å². The Balaban J connectivity index is 2.57. The molecule has 1 aliphatic heterocycles. The second-order valence-corrected chi connectivity index (χ2v) is 6.12. The highest BCUT2D eigenvalue weighted by atomic mass is 79.9. The predicted octanol–water partition coefficient (Wildman–Crippen LogP) is 3.12. The van der Waals surface area contributed by atoms with Crippen LogP contribution >= 0.6 is 15.9 Å². The van der Waals surface area contributed by atoms with Crippen LogP contribution in [0.2, 0.25) is 0 Å². The summed E-state index contributed by atoms with van der Waals surface area (Å²) in [7, 11) is 0. The van der Waals surface area contributed by atoms with E-state index in [4.69, 9.17) is 4.74 Å². The predicted molar refractivity (Wildman–Crippen MR) is 79.9 cm³/mol. The number of fused-ring (bicyclic) bond motifs is 1. The van der Waals surface area contributed by atoms with E-state index >= 15 is 0 Å². The maximum Gasteiger partial charge on any atom is 0.267 e. The summed E-state index contributed by atoms with van der Waals surface area (Å²) in [4.78, 5) is 25.7. The Kier molecular flexibility index (Phi) is 3.99. The van der Waals surface area contributed by atoms with E-state index < -0.39 is 10.6 Å². The molecule has 1 heterocycles. The molecule has 20 heavy (non-hydrogen) atoms. The average Bonchev–Trinajstić information content (AvgIpc) is 2.38. The first-order chi connectivity index (χ1) is 9.40. The summed E-state index contributed by atoms with van der Waals surface area (Å²) in [5.74, 6) is -0.182. The molecule has 5 heteroatoms.